The number of aromatic nitrogens is 1. The summed E-state index contributed by atoms with van der Waals surface area (Å²) in [5, 5.41) is 2.97. The van der Waals surface area contributed by atoms with Gasteiger partial charge in [-0.15, -0.1) is 0 Å². The lowest BCUT2D eigenvalue weighted by molar-refractivity contribution is -0.120. The summed E-state index contributed by atoms with van der Waals surface area (Å²) in [7, 11) is 1.63. The maximum atomic E-state index is 12.5. The van der Waals surface area contributed by atoms with Crippen molar-refractivity contribution in [2.24, 2.45) is 0 Å². The maximum absolute atomic E-state index is 12.5. The molecule has 0 spiro atoms. The Balaban J connectivity index is 1.52. The summed E-state index contributed by atoms with van der Waals surface area (Å²) in [6, 6.07) is 13.1. The Morgan fingerprint density at radius 1 is 1.12 bits per heavy atom. The lowest BCUT2D eigenvalue weighted by Gasteiger charge is -2.37. The Morgan fingerprint density at radius 2 is 1.84 bits per heavy atom. The third-order valence-electron chi connectivity index (χ3n) is 4.57. The second kappa shape index (κ2) is 7.98. The number of benzene rings is 1. The maximum Gasteiger partial charge on any atom is 0.241 e. The van der Waals surface area contributed by atoms with Gasteiger partial charge in [-0.1, -0.05) is 6.07 Å². The minimum atomic E-state index is -0.173. The van der Waals surface area contributed by atoms with Crippen molar-refractivity contribution in [2.75, 3.05) is 43.5 Å². The molecule has 0 bridgehead atoms. The zero-order chi connectivity index (χ0) is 17.6. The average Bonchev–Trinajstić information content (AvgIpc) is 2.69. The summed E-state index contributed by atoms with van der Waals surface area (Å²) in [5.41, 5.74) is 0.782. The van der Waals surface area contributed by atoms with Gasteiger partial charge in [-0.25, -0.2) is 4.98 Å². The number of nitrogens with one attached hydrogen (secondary N) is 1. The highest BCUT2D eigenvalue weighted by molar-refractivity contribution is 5.94. The molecule has 2 aromatic rings. The van der Waals surface area contributed by atoms with Gasteiger partial charge in [0.05, 0.1) is 13.2 Å². The van der Waals surface area contributed by atoms with Gasteiger partial charge in [-0.2, -0.15) is 0 Å². The van der Waals surface area contributed by atoms with Gasteiger partial charge in [0.15, 0.2) is 0 Å². The summed E-state index contributed by atoms with van der Waals surface area (Å²) < 4.78 is 5.13. The van der Waals surface area contributed by atoms with E-state index < -0.39 is 0 Å². The SMILES string of the molecule is COc1ccc(NC(=O)[C@H](C)N2CCN(c3ccccn3)CC2)cc1. The minimum Gasteiger partial charge on any atom is -0.497 e. The average molecular weight is 340 g/mol. The molecule has 1 aliphatic heterocycles. The number of nitrogens with zero attached hydrogens (tertiary/aromatic N) is 3. The van der Waals surface area contributed by atoms with Crippen LogP contribution < -0.4 is 15.0 Å². The van der Waals surface area contributed by atoms with Gasteiger partial charge >= 0.3 is 0 Å². The van der Waals surface area contributed by atoms with Crippen molar-refractivity contribution >= 4 is 17.4 Å². The van der Waals surface area contributed by atoms with E-state index in [1.54, 1.807) is 7.11 Å². The van der Waals surface area contributed by atoms with E-state index in [0.29, 0.717) is 0 Å². The van der Waals surface area contributed by atoms with Gasteiger partial charge in [0.2, 0.25) is 5.91 Å². The normalized spacial score (nSPS) is 16.3. The molecule has 0 aliphatic carbocycles. The highest BCUT2D eigenvalue weighted by Crippen LogP contribution is 2.17. The summed E-state index contributed by atoms with van der Waals surface area (Å²) in [6.07, 6.45) is 1.81. The zero-order valence-electron chi connectivity index (χ0n) is 14.7. The van der Waals surface area contributed by atoms with E-state index in [9.17, 15) is 4.79 Å². The standard InChI is InChI=1S/C19H24N4O2/c1-15(19(24)21-16-6-8-17(25-2)9-7-16)22-11-13-23(14-12-22)18-5-3-4-10-20-18/h3-10,15H,11-14H2,1-2H3,(H,21,24)/t15-/m0/s1. The first-order valence-corrected chi connectivity index (χ1v) is 8.52. The van der Waals surface area contributed by atoms with Crippen LogP contribution in [0.2, 0.25) is 0 Å². The molecule has 1 fully saturated rings. The van der Waals surface area contributed by atoms with Crippen LogP contribution in [0.25, 0.3) is 0 Å². The van der Waals surface area contributed by atoms with Gasteiger partial charge in [-0.3, -0.25) is 9.69 Å². The topological polar surface area (TPSA) is 57.7 Å². The lowest BCUT2D eigenvalue weighted by Crippen LogP contribution is -2.53. The highest BCUT2D eigenvalue weighted by atomic mass is 16.5. The zero-order valence-corrected chi connectivity index (χ0v) is 14.7. The van der Waals surface area contributed by atoms with Crippen LogP contribution in [0.3, 0.4) is 0 Å². The van der Waals surface area contributed by atoms with Gasteiger partial charge in [-0.05, 0) is 43.3 Å². The van der Waals surface area contributed by atoms with Crippen molar-refractivity contribution in [1.82, 2.24) is 9.88 Å². The first-order chi connectivity index (χ1) is 12.2. The molecule has 1 N–H and O–H groups in total. The minimum absolute atomic E-state index is 0.0106. The number of methoxy groups -OCH3 is 1. The molecule has 6 nitrogen and oxygen atoms in total. The third-order valence-corrected chi connectivity index (χ3v) is 4.57. The molecule has 0 radical (unpaired) electrons. The van der Waals surface area contributed by atoms with E-state index in [4.69, 9.17) is 4.74 Å². The molecule has 1 amide bonds. The molecular formula is C19H24N4O2. The summed E-state index contributed by atoms with van der Waals surface area (Å²) in [6.45, 7) is 5.38. The van der Waals surface area contributed by atoms with Crippen LogP contribution in [-0.2, 0) is 4.79 Å². The molecule has 1 atom stereocenters. The molecule has 2 heterocycles. The van der Waals surface area contributed by atoms with Gasteiger partial charge in [0, 0.05) is 38.1 Å². The number of rotatable bonds is 5. The van der Waals surface area contributed by atoms with E-state index in [2.05, 4.69) is 20.1 Å². The largest absolute Gasteiger partial charge is 0.497 e. The predicted molar refractivity (Wildman–Crippen MR) is 99.1 cm³/mol. The van der Waals surface area contributed by atoms with E-state index >= 15 is 0 Å². The Bertz CT molecular complexity index is 682. The van der Waals surface area contributed by atoms with E-state index in [-0.39, 0.29) is 11.9 Å². The third kappa shape index (κ3) is 4.28. The number of hydrogen-bond donors (Lipinski definition) is 1. The molecule has 25 heavy (non-hydrogen) atoms. The predicted octanol–water partition coefficient (Wildman–Crippen LogP) is 2.24. The van der Waals surface area contributed by atoms with E-state index in [0.717, 1.165) is 43.4 Å². The molecule has 1 aromatic heterocycles. The molecular weight excluding hydrogens is 316 g/mol. The molecule has 6 heteroatoms. The van der Waals surface area contributed by atoms with Gasteiger partial charge in [0.25, 0.3) is 0 Å². The van der Waals surface area contributed by atoms with Crippen LogP contribution in [0.15, 0.2) is 48.7 Å². The van der Waals surface area contributed by atoms with Crippen LogP contribution in [0, 0.1) is 0 Å². The van der Waals surface area contributed by atoms with Crippen molar-refractivity contribution in [3.63, 3.8) is 0 Å². The summed E-state index contributed by atoms with van der Waals surface area (Å²) in [4.78, 5) is 21.4. The quantitative estimate of drug-likeness (QED) is 0.905. The fourth-order valence-corrected chi connectivity index (χ4v) is 2.97. The van der Waals surface area contributed by atoms with E-state index in [1.165, 1.54) is 0 Å². The van der Waals surface area contributed by atoms with Crippen LogP contribution >= 0.6 is 0 Å². The number of carbonyl (C=O) groups excluding carboxylic acids is 1. The summed E-state index contributed by atoms with van der Waals surface area (Å²) >= 11 is 0. The number of pyridine rings is 1. The molecule has 1 aromatic carbocycles. The number of amides is 1. The Kier molecular flexibility index (Phi) is 5.50. The molecule has 0 saturated carbocycles. The van der Waals surface area contributed by atoms with E-state index in [1.807, 2.05) is 55.6 Å². The van der Waals surface area contributed by atoms with Crippen LogP contribution in [0.5, 0.6) is 5.75 Å². The first kappa shape index (κ1) is 17.2. The molecule has 0 unspecified atom stereocenters. The van der Waals surface area contributed by atoms with Crippen molar-refractivity contribution in [2.45, 2.75) is 13.0 Å². The number of ether oxygens (including phenoxy) is 1. The van der Waals surface area contributed by atoms with Crippen molar-refractivity contribution in [3.8, 4) is 5.75 Å². The van der Waals surface area contributed by atoms with Crippen LogP contribution in [-0.4, -0.2) is 55.1 Å². The lowest BCUT2D eigenvalue weighted by atomic mass is 10.2. The fourth-order valence-electron chi connectivity index (χ4n) is 2.97. The smallest absolute Gasteiger partial charge is 0.241 e. The van der Waals surface area contributed by atoms with Crippen LogP contribution in [0.4, 0.5) is 11.5 Å². The van der Waals surface area contributed by atoms with Crippen LogP contribution in [0.1, 0.15) is 6.92 Å². The molecule has 1 saturated heterocycles. The number of piperazine rings is 1. The first-order valence-electron chi connectivity index (χ1n) is 8.52. The van der Waals surface area contributed by atoms with Crippen molar-refractivity contribution < 1.29 is 9.53 Å². The molecule has 1 aliphatic rings. The number of carbonyl (C=O) groups is 1. The van der Waals surface area contributed by atoms with Crippen molar-refractivity contribution in [1.29, 1.82) is 0 Å². The molecule has 3 rings (SSSR count). The molecule has 132 valence electrons. The summed E-state index contributed by atoms with van der Waals surface area (Å²) in [5.74, 6) is 1.78. The number of hydrogen-bond acceptors (Lipinski definition) is 5. The second-order valence-electron chi connectivity index (χ2n) is 6.10. The Hall–Kier alpha value is -2.60. The second-order valence-corrected chi connectivity index (χ2v) is 6.10. The Labute approximate surface area is 148 Å². The van der Waals surface area contributed by atoms with Gasteiger partial charge in [0.1, 0.15) is 11.6 Å². The Morgan fingerprint density at radius 3 is 2.44 bits per heavy atom. The fraction of sp³-hybridized carbons (Fsp3) is 0.368. The number of anilines is 2. The van der Waals surface area contributed by atoms with Gasteiger partial charge < -0.3 is 15.0 Å². The monoisotopic (exact) mass is 340 g/mol. The highest BCUT2D eigenvalue weighted by Gasteiger charge is 2.26. The van der Waals surface area contributed by atoms with Crippen molar-refractivity contribution in [3.05, 3.63) is 48.7 Å².